The average molecular weight is 302 g/mol. The topological polar surface area (TPSA) is 54.0 Å². The molecule has 2 aromatic rings. The van der Waals surface area contributed by atoms with Gasteiger partial charge in [-0.3, -0.25) is 4.79 Å². The lowest BCUT2D eigenvalue weighted by Crippen LogP contribution is -2.25. The summed E-state index contributed by atoms with van der Waals surface area (Å²) in [5, 5.41) is 6.86. The molecule has 108 valence electrons. The van der Waals surface area contributed by atoms with Crippen molar-refractivity contribution in [1.82, 2.24) is 10.3 Å². The first-order valence-electron chi connectivity index (χ1n) is 6.96. The molecule has 1 fully saturated rings. The highest BCUT2D eigenvalue weighted by molar-refractivity contribution is 6.30. The van der Waals surface area contributed by atoms with E-state index in [4.69, 9.17) is 11.6 Å². The number of halogens is 1. The standard InChI is InChI=1S/C16H16ClN3O/c17-13-3-1-2-11(8-13)9-18-15-7-4-12(10-19-15)16(21)20-14-5-6-14/h1-4,7-8,10,14H,5-6,9H2,(H,18,19)(H,20,21). The van der Waals surface area contributed by atoms with Gasteiger partial charge in [-0.25, -0.2) is 4.98 Å². The number of anilines is 1. The molecule has 0 bridgehead atoms. The van der Waals surface area contributed by atoms with Crippen molar-refractivity contribution in [2.75, 3.05) is 5.32 Å². The lowest BCUT2D eigenvalue weighted by molar-refractivity contribution is 0.0951. The highest BCUT2D eigenvalue weighted by atomic mass is 35.5. The summed E-state index contributed by atoms with van der Waals surface area (Å²) in [5.74, 6) is 0.685. The van der Waals surface area contributed by atoms with Gasteiger partial charge in [-0.15, -0.1) is 0 Å². The number of hydrogen-bond donors (Lipinski definition) is 2. The third kappa shape index (κ3) is 3.95. The fourth-order valence-electron chi connectivity index (χ4n) is 1.97. The molecular formula is C16H16ClN3O. The first-order chi connectivity index (χ1) is 10.2. The number of carbonyl (C=O) groups excluding carboxylic acids is 1. The average Bonchev–Trinajstić information content (AvgIpc) is 3.30. The molecule has 4 nitrogen and oxygen atoms in total. The van der Waals surface area contributed by atoms with Gasteiger partial charge in [0.25, 0.3) is 5.91 Å². The molecule has 1 aromatic heterocycles. The van der Waals surface area contributed by atoms with Crippen LogP contribution in [0.15, 0.2) is 42.6 Å². The van der Waals surface area contributed by atoms with E-state index in [0.717, 1.165) is 24.2 Å². The summed E-state index contributed by atoms with van der Waals surface area (Å²) in [6, 6.07) is 11.6. The van der Waals surface area contributed by atoms with Crippen molar-refractivity contribution < 1.29 is 4.79 Å². The predicted molar refractivity (Wildman–Crippen MR) is 83.5 cm³/mol. The number of rotatable bonds is 5. The Morgan fingerprint density at radius 1 is 1.29 bits per heavy atom. The molecule has 1 aliphatic rings. The van der Waals surface area contributed by atoms with E-state index in [9.17, 15) is 4.79 Å². The highest BCUT2D eigenvalue weighted by Gasteiger charge is 2.23. The molecule has 1 heterocycles. The van der Waals surface area contributed by atoms with Gasteiger partial charge in [0.15, 0.2) is 0 Å². The minimum atomic E-state index is -0.0496. The van der Waals surface area contributed by atoms with Crippen molar-refractivity contribution in [3.63, 3.8) is 0 Å². The number of nitrogens with one attached hydrogen (secondary N) is 2. The summed E-state index contributed by atoms with van der Waals surface area (Å²) in [5.41, 5.74) is 1.68. The molecule has 3 rings (SSSR count). The lowest BCUT2D eigenvalue weighted by Gasteiger charge is -2.07. The molecule has 0 unspecified atom stereocenters. The Kier molecular flexibility index (Phi) is 4.06. The first-order valence-corrected chi connectivity index (χ1v) is 7.34. The highest BCUT2D eigenvalue weighted by Crippen LogP contribution is 2.19. The number of hydrogen-bond acceptors (Lipinski definition) is 3. The van der Waals surface area contributed by atoms with Crippen LogP contribution in [0.3, 0.4) is 0 Å². The molecule has 1 aromatic carbocycles. The zero-order valence-corrected chi connectivity index (χ0v) is 12.2. The van der Waals surface area contributed by atoms with E-state index in [-0.39, 0.29) is 5.91 Å². The Labute approximate surface area is 128 Å². The Balaban J connectivity index is 1.57. The van der Waals surface area contributed by atoms with Crippen LogP contribution in [0, 0.1) is 0 Å². The molecule has 0 atom stereocenters. The van der Waals surface area contributed by atoms with Crippen LogP contribution in [-0.2, 0) is 6.54 Å². The molecule has 5 heteroatoms. The van der Waals surface area contributed by atoms with Crippen LogP contribution in [0.25, 0.3) is 0 Å². The van der Waals surface area contributed by atoms with E-state index in [0.29, 0.717) is 23.2 Å². The maximum Gasteiger partial charge on any atom is 0.253 e. The van der Waals surface area contributed by atoms with E-state index in [1.165, 1.54) is 0 Å². The van der Waals surface area contributed by atoms with Crippen molar-refractivity contribution >= 4 is 23.3 Å². The number of aromatic nitrogens is 1. The fourth-order valence-corrected chi connectivity index (χ4v) is 2.18. The summed E-state index contributed by atoms with van der Waals surface area (Å²) in [7, 11) is 0. The first kappa shape index (κ1) is 13.9. The predicted octanol–water partition coefficient (Wildman–Crippen LogP) is 3.24. The van der Waals surface area contributed by atoms with E-state index < -0.39 is 0 Å². The van der Waals surface area contributed by atoms with Crippen LogP contribution >= 0.6 is 11.6 Å². The van der Waals surface area contributed by atoms with Crippen molar-refractivity contribution in [2.45, 2.75) is 25.4 Å². The van der Waals surface area contributed by atoms with E-state index in [2.05, 4.69) is 15.6 Å². The second kappa shape index (κ2) is 6.14. The van der Waals surface area contributed by atoms with Gasteiger partial charge in [0, 0.05) is 23.8 Å². The number of nitrogens with zero attached hydrogens (tertiary/aromatic N) is 1. The summed E-state index contributed by atoms with van der Waals surface area (Å²) in [6.45, 7) is 0.640. The molecule has 21 heavy (non-hydrogen) atoms. The van der Waals surface area contributed by atoms with Crippen molar-refractivity contribution in [1.29, 1.82) is 0 Å². The molecule has 0 aliphatic heterocycles. The van der Waals surface area contributed by atoms with Gasteiger partial charge in [0.2, 0.25) is 0 Å². The van der Waals surface area contributed by atoms with E-state index in [1.54, 1.807) is 12.3 Å². The van der Waals surface area contributed by atoms with Gasteiger partial charge >= 0.3 is 0 Å². The number of benzene rings is 1. The van der Waals surface area contributed by atoms with Crippen LogP contribution < -0.4 is 10.6 Å². The molecule has 2 N–H and O–H groups in total. The van der Waals surface area contributed by atoms with Crippen molar-refractivity contribution in [3.8, 4) is 0 Å². The molecule has 0 radical (unpaired) electrons. The molecule has 0 saturated heterocycles. The second-order valence-corrected chi connectivity index (χ2v) is 5.60. The fraction of sp³-hybridized carbons (Fsp3) is 0.250. The molecule has 0 spiro atoms. The quantitative estimate of drug-likeness (QED) is 0.891. The van der Waals surface area contributed by atoms with Crippen LogP contribution in [0.4, 0.5) is 5.82 Å². The summed E-state index contributed by atoms with van der Waals surface area (Å²) in [6.07, 6.45) is 3.76. The summed E-state index contributed by atoms with van der Waals surface area (Å²) < 4.78 is 0. The van der Waals surface area contributed by atoms with Crippen LogP contribution in [0.5, 0.6) is 0 Å². The van der Waals surface area contributed by atoms with Gasteiger partial charge < -0.3 is 10.6 Å². The van der Waals surface area contributed by atoms with Crippen molar-refractivity contribution in [2.24, 2.45) is 0 Å². The van der Waals surface area contributed by atoms with Gasteiger partial charge in [-0.05, 0) is 42.7 Å². The zero-order valence-electron chi connectivity index (χ0n) is 11.5. The Bertz CT molecular complexity index is 638. The normalized spacial score (nSPS) is 13.8. The third-order valence-electron chi connectivity index (χ3n) is 3.30. The minimum Gasteiger partial charge on any atom is -0.366 e. The summed E-state index contributed by atoms with van der Waals surface area (Å²) in [4.78, 5) is 16.1. The smallest absolute Gasteiger partial charge is 0.253 e. The number of carbonyl (C=O) groups is 1. The molecule has 1 saturated carbocycles. The van der Waals surface area contributed by atoms with Crippen LogP contribution in [0.1, 0.15) is 28.8 Å². The van der Waals surface area contributed by atoms with Crippen LogP contribution in [0.2, 0.25) is 5.02 Å². The van der Waals surface area contributed by atoms with Gasteiger partial charge in [0.05, 0.1) is 5.56 Å². The molecule has 1 amide bonds. The maximum absolute atomic E-state index is 11.8. The Morgan fingerprint density at radius 2 is 2.14 bits per heavy atom. The Morgan fingerprint density at radius 3 is 2.81 bits per heavy atom. The van der Waals surface area contributed by atoms with Crippen molar-refractivity contribution in [3.05, 3.63) is 58.7 Å². The molecular weight excluding hydrogens is 286 g/mol. The van der Waals surface area contributed by atoms with Gasteiger partial charge in [0.1, 0.15) is 5.82 Å². The minimum absolute atomic E-state index is 0.0496. The number of amides is 1. The van der Waals surface area contributed by atoms with Gasteiger partial charge in [-0.1, -0.05) is 23.7 Å². The Hall–Kier alpha value is -2.07. The lowest BCUT2D eigenvalue weighted by atomic mass is 10.2. The molecule has 1 aliphatic carbocycles. The zero-order chi connectivity index (χ0) is 14.7. The monoisotopic (exact) mass is 301 g/mol. The third-order valence-corrected chi connectivity index (χ3v) is 3.54. The largest absolute Gasteiger partial charge is 0.366 e. The van der Waals surface area contributed by atoms with E-state index >= 15 is 0 Å². The van der Waals surface area contributed by atoms with Crippen LogP contribution in [-0.4, -0.2) is 16.9 Å². The maximum atomic E-state index is 11.8. The second-order valence-electron chi connectivity index (χ2n) is 5.16. The SMILES string of the molecule is O=C(NC1CC1)c1ccc(NCc2cccc(Cl)c2)nc1. The van der Waals surface area contributed by atoms with Gasteiger partial charge in [-0.2, -0.15) is 0 Å². The summed E-state index contributed by atoms with van der Waals surface area (Å²) >= 11 is 5.94. The number of pyridine rings is 1. The van der Waals surface area contributed by atoms with E-state index in [1.807, 2.05) is 30.3 Å².